The van der Waals surface area contributed by atoms with Crippen LogP contribution in [0.1, 0.15) is 27.4 Å². The number of rotatable bonds is 7. The normalized spacial score (nSPS) is 10.6. The van der Waals surface area contributed by atoms with Crippen molar-refractivity contribution < 1.29 is 19.1 Å². The fourth-order valence-electron chi connectivity index (χ4n) is 2.61. The fourth-order valence-corrected chi connectivity index (χ4v) is 3.44. The highest BCUT2D eigenvalue weighted by Gasteiger charge is 2.13. The van der Waals surface area contributed by atoms with Crippen LogP contribution in [0.4, 0.5) is 5.69 Å². The number of carbonyl (C=O) groups is 3. The van der Waals surface area contributed by atoms with Gasteiger partial charge in [0.2, 0.25) is 0 Å². The predicted molar refractivity (Wildman–Crippen MR) is 106 cm³/mol. The maximum atomic E-state index is 12.0. The minimum atomic E-state index is -0.565. The van der Waals surface area contributed by atoms with Gasteiger partial charge >= 0.3 is 5.97 Å². The Morgan fingerprint density at radius 1 is 0.963 bits per heavy atom. The molecule has 27 heavy (non-hydrogen) atoms. The van der Waals surface area contributed by atoms with Crippen LogP contribution in [0.3, 0.4) is 0 Å². The fraction of sp³-hybridized carbons (Fsp3) is 0.190. The second-order valence-electron chi connectivity index (χ2n) is 6.10. The molecule has 0 aliphatic heterocycles. The first-order valence-electron chi connectivity index (χ1n) is 8.55. The Kier molecular flexibility index (Phi) is 5.98. The summed E-state index contributed by atoms with van der Waals surface area (Å²) in [7, 11) is 0. The standard InChI is InChI=1S/C21H19NO4S/c1-14-6-10-19(27-14)18(23)9-11-21(25)26-13-20(24)22-17-8-7-15-4-2-3-5-16(15)12-17/h2-8,10,12H,9,11,13H2,1H3,(H,22,24). The summed E-state index contributed by atoms with van der Waals surface area (Å²) in [5, 5.41) is 4.79. The van der Waals surface area contributed by atoms with E-state index in [1.807, 2.05) is 49.4 Å². The molecule has 0 unspecified atom stereocenters. The van der Waals surface area contributed by atoms with Gasteiger partial charge in [-0.25, -0.2) is 0 Å². The maximum Gasteiger partial charge on any atom is 0.306 e. The molecule has 6 heteroatoms. The lowest BCUT2D eigenvalue weighted by Crippen LogP contribution is -2.21. The third-order valence-corrected chi connectivity index (χ3v) is 5.01. The largest absolute Gasteiger partial charge is 0.456 e. The Hall–Kier alpha value is -2.99. The van der Waals surface area contributed by atoms with E-state index in [1.165, 1.54) is 11.3 Å². The molecule has 5 nitrogen and oxygen atoms in total. The molecule has 0 spiro atoms. The number of nitrogens with one attached hydrogen (secondary N) is 1. The molecule has 0 saturated carbocycles. The monoisotopic (exact) mass is 381 g/mol. The zero-order chi connectivity index (χ0) is 19.2. The van der Waals surface area contributed by atoms with Crippen molar-refractivity contribution in [3.05, 3.63) is 64.4 Å². The van der Waals surface area contributed by atoms with Gasteiger partial charge in [-0.05, 0) is 42.0 Å². The average molecular weight is 381 g/mol. The highest BCUT2D eigenvalue weighted by Crippen LogP contribution is 2.19. The van der Waals surface area contributed by atoms with Gasteiger partial charge in [-0.2, -0.15) is 0 Å². The van der Waals surface area contributed by atoms with Crippen molar-refractivity contribution in [1.29, 1.82) is 0 Å². The Labute approximate surface area is 161 Å². The van der Waals surface area contributed by atoms with Gasteiger partial charge in [0.15, 0.2) is 12.4 Å². The average Bonchev–Trinajstić information content (AvgIpc) is 3.11. The number of benzene rings is 2. The van der Waals surface area contributed by atoms with E-state index in [1.54, 1.807) is 12.1 Å². The molecular formula is C21H19NO4S. The molecule has 1 N–H and O–H groups in total. The highest BCUT2D eigenvalue weighted by molar-refractivity contribution is 7.14. The second-order valence-corrected chi connectivity index (χ2v) is 7.39. The summed E-state index contributed by atoms with van der Waals surface area (Å²) in [6, 6.07) is 17.0. The number of fused-ring (bicyclic) bond motifs is 1. The van der Waals surface area contributed by atoms with E-state index < -0.39 is 11.9 Å². The summed E-state index contributed by atoms with van der Waals surface area (Å²) in [5.41, 5.74) is 0.637. The van der Waals surface area contributed by atoms with Crippen molar-refractivity contribution in [1.82, 2.24) is 0 Å². The molecular weight excluding hydrogens is 362 g/mol. The maximum absolute atomic E-state index is 12.0. The number of ether oxygens (including phenoxy) is 1. The van der Waals surface area contributed by atoms with Gasteiger partial charge < -0.3 is 10.1 Å². The second kappa shape index (κ2) is 8.60. The van der Waals surface area contributed by atoms with Gasteiger partial charge in [-0.3, -0.25) is 14.4 Å². The summed E-state index contributed by atoms with van der Waals surface area (Å²) in [4.78, 5) is 37.4. The zero-order valence-electron chi connectivity index (χ0n) is 14.9. The molecule has 1 heterocycles. The number of ketones is 1. The molecule has 0 bridgehead atoms. The van der Waals surface area contributed by atoms with Crippen molar-refractivity contribution in [2.75, 3.05) is 11.9 Å². The van der Waals surface area contributed by atoms with Crippen LogP contribution < -0.4 is 5.32 Å². The predicted octanol–water partition coefficient (Wildman–Crippen LogP) is 4.35. The smallest absolute Gasteiger partial charge is 0.306 e. The number of thiophene rings is 1. The van der Waals surface area contributed by atoms with E-state index in [4.69, 9.17) is 4.74 Å². The molecule has 0 radical (unpaired) electrons. The van der Waals surface area contributed by atoms with Crippen molar-refractivity contribution in [2.24, 2.45) is 0 Å². The van der Waals surface area contributed by atoms with Crippen LogP contribution in [-0.2, 0) is 14.3 Å². The molecule has 1 aromatic heterocycles. The molecule has 3 aromatic rings. The first-order chi connectivity index (χ1) is 13.0. The van der Waals surface area contributed by atoms with Crippen LogP contribution in [0.15, 0.2) is 54.6 Å². The first kappa shape index (κ1) is 18.8. The third-order valence-electron chi connectivity index (χ3n) is 3.97. The molecule has 0 aliphatic rings. The van der Waals surface area contributed by atoms with Crippen LogP contribution in [0, 0.1) is 6.92 Å². The lowest BCUT2D eigenvalue weighted by molar-refractivity contribution is -0.147. The Morgan fingerprint density at radius 2 is 1.74 bits per heavy atom. The minimum absolute atomic E-state index is 0.0426. The molecule has 0 aliphatic carbocycles. The minimum Gasteiger partial charge on any atom is -0.456 e. The molecule has 0 atom stereocenters. The lowest BCUT2D eigenvalue weighted by atomic mass is 10.1. The summed E-state index contributed by atoms with van der Waals surface area (Å²) in [5.74, 6) is -1.07. The molecule has 2 aromatic carbocycles. The number of amides is 1. The van der Waals surface area contributed by atoms with Gasteiger partial charge in [0, 0.05) is 17.0 Å². The van der Waals surface area contributed by atoms with Gasteiger partial charge in [0.05, 0.1) is 11.3 Å². The number of hydrogen-bond acceptors (Lipinski definition) is 5. The number of esters is 1. The summed E-state index contributed by atoms with van der Waals surface area (Å²) in [6.07, 6.45) is 0.0319. The van der Waals surface area contributed by atoms with Gasteiger partial charge in [-0.15, -0.1) is 11.3 Å². The number of carbonyl (C=O) groups excluding carboxylic acids is 3. The molecule has 0 saturated heterocycles. The van der Waals surface area contributed by atoms with Gasteiger partial charge in [0.25, 0.3) is 5.91 Å². The van der Waals surface area contributed by atoms with Crippen molar-refractivity contribution in [3.8, 4) is 0 Å². The van der Waals surface area contributed by atoms with Crippen molar-refractivity contribution in [3.63, 3.8) is 0 Å². The van der Waals surface area contributed by atoms with Crippen LogP contribution in [0.5, 0.6) is 0 Å². The Bertz CT molecular complexity index is 993. The SMILES string of the molecule is Cc1ccc(C(=O)CCC(=O)OCC(=O)Nc2ccc3ccccc3c2)s1. The lowest BCUT2D eigenvalue weighted by Gasteiger charge is -2.07. The number of anilines is 1. The van der Waals surface area contributed by atoms with E-state index in [2.05, 4.69) is 5.32 Å². The van der Waals surface area contributed by atoms with Crippen LogP contribution in [-0.4, -0.2) is 24.3 Å². The highest BCUT2D eigenvalue weighted by atomic mass is 32.1. The number of Topliss-reactive ketones (excluding diaryl/α,β-unsaturated/α-hetero) is 1. The van der Waals surface area contributed by atoms with E-state index in [9.17, 15) is 14.4 Å². The quantitative estimate of drug-likeness (QED) is 0.488. The van der Waals surface area contributed by atoms with Crippen LogP contribution in [0.25, 0.3) is 10.8 Å². The van der Waals surface area contributed by atoms with E-state index >= 15 is 0 Å². The topological polar surface area (TPSA) is 72.5 Å². The molecule has 3 rings (SSSR count). The summed E-state index contributed by atoms with van der Waals surface area (Å²) >= 11 is 1.40. The summed E-state index contributed by atoms with van der Waals surface area (Å²) < 4.78 is 4.96. The first-order valence-corrected chi connectivity index (χ1v) is 9.37. The Balaban J connectivity index is 1.44. The van der Waals surface area contributed by atoms with Gasteiger partial charge in [-0.1, -0.05) is 30.3 Å². The van der Waals surface area contributed by atoms with Crippen molar-refractivity contribution >= 4 is 45.5 Å². The third kappa shape index (κ3) is 5.24. The zero-order valence-corrected chi connectivity index (χ0v) is 15.7. The number of hydrogen-bond donors (Lipinski definition) is 1. The Morgan fingerprint density at radius 3 is 2.48 bits per heavy atom. The van der Waals surface area contributed by atoms with Crippen molar-refractivity contribution in [2.45, 2.75) is 19.8 Å². The summed E-state index contributed by atoms with van der Waals surface area (Å²) in [6.45, 7) is 1.54. The molecule has 138 valence electrons. The molecule has 1 amide bonds. The number of aryl methyl sites for hydroxylation is 1. The molecule has 0 fully saturated rings. The van der Waals surface area contributed by atoms with Crippen LogP contribution in [0.2, 0.25) is 0 Å². The van der Waals surface area contributed by atoms with E-state index in [-0.39, 0.29) is 25.2 Å². The van der Waals surface area contributed by atoms with Crippen LogP contribution >= 0.6 is 11.3 Å². The van der Waals surface area contributed by atoms with E-state index in [0.29, 0.717) is 10.6 Å². The van der Waals surface area contributed by atoms with Gasteiger partial charge in [0.1, 0.15) is 0 Å². The van der Waals surface area contributed by atoms with E-state index in [0.717, 1.165) is 15.6 Å².